The molecule has 2 aliphatic rings. The number of aromatic nitrogens is 4. The number of ether oxygens (including phenoxy) is 4. The fourth-order valence-electron chi connectivity index (χ4n) is 4.65. The van der Waals surface area contributed by atoms with Crippen molar-refractivity contribution in [2.24, 2.45) is 0 Å². The summed E-state index contributed by atoms with van der Waals surface area (Å²) >= 11 is 3.74. The third-order valence-electron chi connectivity index (χ3n) is 8.28. The number of nitrogens with one attached hydrogen (secondary N) is 2. The molecule has 0 aromatic carbocycles. The molecular weight excluding hydrogens is 858 g/mol. The maximum atomic E-state index is 12.2. The Morgan fingerprint density at radius 1 is 0.894 bits per heavy atom. The van der Waals surface area contributed by atoms with Gasteiger partial charge >= 0.3 is 11.4 Å². The summed E-state index contributed by atoms with van der Waals surface area (Å²) in [6, 6.07) is 0. The third kappa shape index (κ3) is 10.4. The second-order valence-electron chi connectivity index (χ2n) is 12.6. The lowest BCUT2D eigenvalue weighted by Crippen LogP contribution is -2.44. The molecule has 4 heterocycles. The van der Waals surface area contributed by atoms with E-state index in [1.54, 1.807) is 12.2 Å². The molecular formula is C30H44I2N4O10Si. The van der Waals surface area contributed by atoms with Gasteiger partial charge in [-0.1, -0.05) is 32.9 Å². The molecule has 3 N–H and O–H groups in total. The molecule has 2 aliphatic heterocycles. The highest BCUT2D eigenvalue weighted by atomic mass is 127. The predicted molar refractivity (Wildman–Crippen MR) is 195 cm³/mol. The Labute approximate surface area is 300 Å². The van der Waals surface area contributed by atoms with E-state index in [1.807, 2.05) is 45.2 Å². The van der Waals surface area contributed by atoms with Crippen LogP contribution in [0.5, 0.6) is 0 Å². The van der Waals surface area contributed by atoms with Crippen LogP contribution >= 0.6 is 45.2 Å². The molecule has 2 fully saturated rings. The molecule has 0 bridgehead atoms. The summed E-state index contributed by atoms with van der Waals surface area (Å²) in [4.78, 5) is 51.5. The lowest BCUT2D eigenvalue weighted by atomic mass is 10.2. The van der Waals surface area contributed by atoms with Gasteiger partial charge in [-0.3, -0.25) is 28.7 Å². The molecule has 2 saturated heterocycles. The minimum absolute atomic E-state index is 0.0917. The number of aliphatic hydroxyl groups excluding tert-OH is 1. The number of nitrogens with zero attached hydrogens (tertiary/aromatic N) is 2. The van der Waals surface area contributed by atoms with Crippen molar-refractivity contribution in [3.63, 3.8) is 0 Å². The van der Waals surface area contributed by atoms with Crippen LogP contribution in [0.15, 0.2) is 56.9 Å². The second-order valence-corrected chi connectivity index (χ2v) is 19.7. The van der Waals surface area contributed by atoms with E-state index in [0.717, 1.165) is 0 Å². The van der Waals surface area contributed by atoms with E-state index in [1.165, 1.54) is 21.5 Å². The van der Waals surface area contributed by atoms with Crippen molar-refractivity contribution in [3.05, 3.63) is 86.5 Å². The highest BCUT2D eigenvalue weighted by Crippen LogP contribution is 2.38. The first-order valence-electron chi connectivity index (χ1n) is 15.1. The van der Waals surface area contributed by atoms with Gasteiger partial charge in [-0.05, 0) is 63.3 Å². The third-order valence-corrected chi connectivity index (χ3v) is 14.3. The van der Waals surface area contributed by atoms with Crippen LogP contribution in [0.3, 0.4) is 0 Å². The Bertz CT molecular complexity index is 1620. The predicted octanol–water partition coefficient (Wildman–Crippen LogP) is 3.01. The summed E-state index contributed by atoms with van der Waals surface area (Å²) in [6.07, 6.45) is 4.77. The monoisotopic (exact) mass is 902 g/mol. The standard InChI is InChI=1S/C18H29IN2O5Si.C12H15IN2O5/c1-7-8-24-13-9-15(21-10-12(19)16(22)20-17(21)23)26-14(13)11-25-27(5,6)18(2,3)4;1-2-3-19-8-4-10(20-9(8)6-16)15-5-7(13)11(17)14-12(15)18/h7,10,13-15H,1,8-9,11H2,2-6H3,(H,20,22,23);2,5,8-10,16H,1,3-4,6H2,(H,14,17,18). The fraction of sp³-hybridized carbons (Fsp3) is 0.600. The van der Waals surface area contributed by atoms with E-state index in [2.05, 4.69) is 57.0 Å². The number of hydrogen-bond donors (Lipinski definition) is 3. The van der Waals surface area contributed by atoms with Gasteiger partial charge in [0.25, 0.3) is 11.1 Å². The first-order valence-corrected chi connectivity index (χ1v) is 20.1. The zero-order valence-electron chi connectivity index (χ0n) is 27.2. The fourth-order valence-corrected chi connectivity index (χ4v) is 6.53. The Hall–Kier alpha value is -1.72. The average molecular weight is 903 g/mol. The summed E-state index contributed by atoms with van der Waals surface area (Å²) in [5.74, 6) is 0. The van der Waals surface area contributed by atoms with Crippen LogP contribution in [0.4, 0.5) is 0 Å². The molecule has 0 radical (unpaired) electrons. The maximum absolute atomic E-state index is 12.2. The van der Waals surface area contributed by atoms with Crippen molar-refractivity contribution in [2.45, 2.75) is 88.6 Å². The van der Waals surface area contributed by atoms with Gasteiger partial charge in [-0.2, -0.15) is 0 Å². The maximum Gasteiger partial charge on any atom is 0.330 e. The first kappa shape index (κ1) is 39.7. The van der Waals surface area contributed by atoms with Crippen molar-refractivity contribution < 1.29 is 28.5 Å². The van der Waals surface area contributed by atoms with Crippen molar-refractivity contribution >= 4 is 53.5 Å². The van der Waals surface area contributed by atoms with Crippen molar-refractivity contribution in [1.82, 2.24) is 19.1 Å². The number of aliphatic hydroxyl groups is 1. The largest absolute Gasteiger partial charge is 0.414 e. The zero-order chi connectivity index (χ0) is 35.1. The quantitative estimate of drug-likeness (QED) is 0.163. The number of aromatic amines is 2. The molecule has 4 rings (SSSR count). The second kappa shape index (κ2) is 17.3. The normalized spacial score (nSPS) is 24.5. The van der Waals surface area contributed by atoms with Crippen LogP contribution in [-0.4, -0.2) is 83.4 Å². The molecule has 0 spiro atoms. The van der Waals surface area contributed by atoms with Crippen LogP contribution in [0, 0.1) is 7.14 Å². The summed E-state index contributed by atoms with van der Waals surface area (Å²) in [6.45, 7) is 19.1. The minimum atomic E-state index is -1.93. The van der Waals surface area contributed by atoms with Crippen LogP contribution in [0.25, 0.3) is 0 Å². The number of hydrogen-bond acceptors (Lipinski definition) is 10. The smallest absolute Gasteiger partial charge is 0.330 e. The van der Waals surface area contributed by atoms with Crippen molar-refractivity contribution in [2.75, 3.05) is 26.4 Å². The number of halogens is 2. The molecule has 0 aliphatic carbocycles. The van der Waals surface area contributed by atoms with Gasteiger partial charge in [-0.25, -0.2) is 9.59 Å². The van der Waals surface area contributed by atoms with Gasteiger partial charge in [0.15, 0.2) is 8.32 Å². The summed E-state index contributed by atoms with van der Waals surface area (Å²) < 4.78 is 33.0. The van der Waals surface area contributed by atoms with Gasteiger partial charge in [0, 0.05) is 25.2 Å². The van der Waals surface area contributed by atoms with Gasteiger partial charge in [0.1, 0.15) is 24.7 Å². The molecule has 0 saturated carbocycles. The van der Waals surface area contributed by atoms with Crippen LogP contribution in [0.1, 0.15) is 46.1 Å². The zero-order valence-corrected chi connectivity index (χ0v) is 32.5. The van der Waals surface area contributed by atoms with E-state index in [-0.39, 0.29) is 30.0 Å². The van der Waals surface area contributed by atoms with E-state index < -0.39 is 49.4 Å². The Morgan fingerprint density at radius 3 is 1.72 bits per heavy atom. The van der Waals surface area contributed by atoms with Crippen LogP contribution in [0.2, 0.25) is 18.1 Å². The molecule has 0 amide bonds. The minimum Gasteiger partial charge on any atom is -0.414 e. The Kier molecular flexibility index (Phi) is 14.6. The lowest BCUT2D eigenvalue weighted by molar-refractivity contribution is -0.0582. The molecule has 14 nitrogen and oxygen atoms in total. The number of H-pyrrole nitrogens is 2. The van der Waals surface area contributed by atoms with E-state index in [9.17, 15) is 24.3 Å². The molecule has 262 valence electrons. The molecule has 2 aromatic rings. The Morgan fingerprint density at radius 2 is 1.32 bits per heavy atom. The Balaban J connectivity index is 0.000000267. The van der Waals surface area contributed by atoms with E-state index in [0.29, 0.717) is 39.8 Å². The lowest BCUT2D eigenvalue weighted by Gasteiger charge is -2.37. The molecule has 2 aromatic heterocycles. The SMILES string of the molecule is C=CCOC1CC(n2cc(I)c(=O)[nH]c2=O)OC1CO.C=CCOC1CC(n2cc(I)c(=O)[nH]c2=O)OC1CO[Si](C)(C)C(C)(C)C. The molecule has 47 heavy (non-hydrogen) atoms. The topological polar surface area (TPSA) is 176 Å². The first-order chi connectivity index (χ1) is 22.0. The van der Waals surface area contributed by atoms with Gasteiger partial charge in [-0.15, -0.1) is 13.2 Å². The highest BCUT2D eigenvalue weighted by Gasteiger charge is 2.42. The van der Waals surface area contributed by atoms with Crippen molar-refractivity contribution in [3.8, 4) is 0 Å². The molecule has 6 atom stereocenters. The van der Waals surface area contributed by atoms with Gasteiger partial charge in [0.2, 0.25) is 0 Å². The summed E-state index contributed by atoms with van der Waals surface area (Å²) in [5.41, 5.74) is -1.85. The van der Waals surface area contributed by atoms with Gasteiger partial charge in [0.05, 0.1) is 45.8 Å². The highest BCUT2D eigenvalue weighted by molar-refractivity contribution is 14.1. The molecule has 6 unspecified atom stereocenters. The van der Waals surface area contributed by atoms with E-state index in [4.69, 9.17) is 23.4 Å². The average Bonchev–Trinajstić information content (AvgIpc) is 3.61. The van der Waals surface area contributed by atoms with Gasteiger partial charge < -0.3 is 28.5 Å². The molecule has 17 heteroatoms. The van der Waals surface area contributed by atoms with Crippen LogP contribution in [-0.2, 0) is 23.4 Å². The van der Waals surface area contributed by atoms with E-state index >= 15 is 0 Å². The number of rotatable bonds is 12. The summed E-state index contributed by atoms with van der Waals surface area (Å²) in [5, 5.41) is 9.38. The summed E-state index contributed by atoms with van der Waals surface area (Å²) in [7, 11) is -1.93. The van der Waals surface area contributed by atoms with Crippen LogP contribution < -0.4 is 22.5 Å². The van der Waals surface area contributed by atoms with Crippen molar-refractivity contribution in [1.29, 1.82) is 0 Å².